The van der Waals surface area contributed by atoms with Crippen molar-refractivity contribution in [2.24, 2.45) is 0 Å². The maximum absolute atomic E-state index is 11.7. The number of imidazole rings is 1. The molecule has 0 radical (unpaired) electrons. The first-order valence-corrected chi connectivity index (χ1v) is 6.30. The lowest BCUT2D eigenvalue weighted by atomic mass is 10.2. The minimum atomic E-state index is -0.250. The third kappa shape index (κ3) is 3.69. The summed E-state index contributed by atoms with van der Waals surface area (Å²) >= 11 is 0. The van der Waals surface area contributed by atoms with Crippen LogP contribution in [0.3, 0.4) is 0 Å². The first-order chi connectivity index (χ1) is 9.04. The summed E-state index contributed by atoms with van der Waals surface area (Å²) in [6.45, 7) is 4.72. The van der Waals surface area contributed by atoms with Crippen molar-refractivity contribution in [1.29, 1.82) is 0 Å². The SMILES string of the molecule is CC(C)NCCC(=O)Nc1ccc2[nH]c(=O)[nH]c2c1. The molecule has 0 saturated heterocycles. The first kappa shape index (κ1) is 13.4. The number of nitrogens with one attached hydrogen (secondary N) is 4. The van der Waals surface area contributed by atoms with Crippen LogP contribution in [-0.4, -0.2) is 28.5 Å². The Balaban J connectivity index is 1.96. The average molecular weight is 262 g/mol. The molecule has 0 atom stereocenters. The van der Waals surface area contributed by atoms with Gasteiger partial charge in [-0.1, -0.05) is 13.8 Å². The van der Waals surface area contributed by atoms with Gasteiger partial charge in [-0.15, -0.1) is 0 Å². The summed E-state index contributed by atoms with van der Waals surface area (Å²) in [7, 11) is 0. The van der Waals surface area contributed by atoms with Crippen LogP contribution in [-0.2, 0) is 4.79 Å². The standard InChI is InChI=1S/C13H18N4O2/c1-8(2)14-6-5-12(18)15-9-3-4-10-11(7-9)17-13(19)16-10/h3-4,7-8,14H,5-6H2,1-2H3,(H,15,18)(H2,16,17,19). The second-order valence-corrected chi connectivity index (χ2v) is 4.75. The minimum Gasteiger partial charge on any atom is -0.326 e. The highest BCUT2D eigenvalue weighted by Crippen LogP contribution is 2.14. The quantitative estimate of drug-likeness (QED) is 0.652. The van der Waals surface area contributed by atoms with Gasteiger partial charge in [0.05, 0.1) is 11.0 Å². The minimum absolute atomic E-state index is 0.0506. The highest BCUT2D eigenvalue weighted by molar-refractivity contribution is 5.93. The lowest BCUT2D eigenvalue weighted by molar-refractivity contribution is -0.116. The second kappa shape index (κ2) is 5.71. The van der Waals surface area contributed by atoms with Crippen LogP contribution in [0.4, 0.5) is 5.69 Å². The van der Waals surface area contributed by atoms with Crippen LogP contribution < -0.4 is 16.3 Å². The molecule has 1 heterocycles. The normalized spacial score (nSPS) is 11.1. The van der Waals surface area contributed by atoms with Crippen molar-refractivity contribution >= 4 is 22.6 Å². The summed E-state index contributed by atoms with van der Waals surface area (Å²) in [5, 5.41) is 5.98. The fourth-order valence-corrected chi connectivity index (χ4v) is 1.81. The summed E-state index contributed by atoms with van der Waals surface area (Å²) in [6.07, 6.45) is 0.417. The molecule has 1 amide bonds. The van der Waals surface area contributed by atoms with Gasteiger partial charge in [0.2, 0.25) is 5.91 Å². The van der Waals surface area contributed by atoms with Gasteiger partial charge < -0.3 is 20.6 Å². The molecule has 0 aliphatic heterocycles. The van der Waals surface area contributed by atoms with E-state index in [9.17, 15) is 9.59 Å². The van der Waals surface area contributed by atoms with E-state index >= 15 is 0 Å². The van der Waals surface area contributed by atoms with Crippen LogP contribution in [0.1, 0.15) is 20.3 Å². The molecule has 19 heavy (non-hydrogen) atoms. The Morgan fingerprint density at radius 3 is 2.74 bits per heavy atom. The van der Waals surface area contributed by atoms with Gasteiger partial charge in [0.25, 0.3) is 0 Å². The molecule has 0 spiro atoms. The van der Waals surface area contributed by atoms with Gasteiger partial charge in [0.15, 0.2) is 0 Å². The van der Waals surface area contributed by atoms with Gasteiger partial charge >= 0.3 is 5.69 Å². The first-order valence-electron chi connectivity index (χ1n) is 6.30. The molecule has 0 aliphatic carbocycles. The number of aromatic amines is 2. The fraction of sp³-hybridized carbons (Fsp3) is 0.385. The molecule has 1 aromatic heterocycles. The van der Waals surface area contributed by atoms with Crippen molar-refractivity contribution in [1.82, 2.24) is 15.3 Å². The smallest absolute Gasteiger partial charge is 0.323 e. The van der Waals surface area contributed by atoms with Gasteiger partial charge in [0.1, 0.15) is 0 Å². The molecule has 0 fully saturated rings. The number of fused-ring (bicyclic) bond motifs is 1. The molecule has 0 bridgehead atoms. The molecule has 6 heteroatoms. The van der Waals surface area contributed by atoms with Crippen molar-refractivity contribution in [3.63, 3.8) is 0 Å². The molecule has 1 aromatic carbocycles. The predicted octanol–water partition coefficient (Wildman–Crippen LogP) is 1.18. The molecule has 0 saturated carbocycles. The van der Waals surface area contributed by atoms with Crippen molar-refractivity contribution in [3.05, 3.63) is 28.7 Å². The van der Waals surface area contributed by atoms with Crippen molar-refractivity contribution in [2.75, 3.05) is 11.9 Å². The highest BCUT2D eigenvalue weighted by Gasteiger charge is 2.04. The molecular formula is C13H18N4O2. The third-order valence-electron chi connectivity index (χ3n) is 2.70. The zero-order chi connectivity index (χ0) is 13.8. The third-order valence-corrected chi connectivity index (χ3v) is 2.70. The Morgan fingerprint density at radius 1 is 1.26 bits per heavy atom. The van der Waals surface area contributed by atoms with Gasteiger partial charge in [-0.2, -0.15) is 0 Å². The zero-order valence-electron chi connectivity index (χ0n) is 11.0. The maximum Gasteiger partial charge on any atom is 0.323 e. The number of benzene rings is 1. The fourth-order valence-electron chi connectivity index (χ4n) is 1.81. The number of aromatic nitrogens is 2. The Bertz CT molecular complexity index is 627. The number of hydrogen-bond donors (Lipinski definition) is 4. The Labute approximate surface area is 110 Å². The van der Waals surface area contributed by atoms with Gasteiger partial charge in [-0.25, -0.2) is 4.79 Å². The van der Waals surface area contributed by atoms with Crippen LogP contribution in [0.2, 0.25) is 0 Å². The number of anilines is 1. The molecule has 0 unspecified atom stereocenters. The monoisotopic (exact) mass is 262 g/mol. The lowest BCUT2D eigenvalue weighted by Gasteiger charge is -2.08. The molecule has 2 aromatic rings. The summed E-state index contributed by atoms with van der Waals surface area (Å²) in [5.74, 6) is -0.0506. The lowest BCUT2D eigenvalue weighted by Crippen LogP contribution is -2.27. The van der Waals surface area contributed by atoms with E-state index in [0.29, 0.717) is 30.2 Å². The van der Waals surface area contributed by atoms with Gasteiger partial charge in [-0.05, 0) is 18.2 Å². The van der Waals surface area contributed by atoms with Crippen LogP contribution in [0.5, 0.6) is 0 Å². The molecule has 102 valence electrons. The van der Waals surface area contributed by atoms with E-state index in [2.05, 4.69) is 20.6 Å². The summed E-state index contributed by atoms with van der Waals surface area (Å²) < 4.78 is 0. The molecular weight excluding hydrogens is 244 g/mol. The number of H-pyrrole nitrogens is 2. The van der Waals surface area contributed by atoms with Crippen LogP contribution in [0, 0.1) is 0 Å². The molecule has 2 rings (SSSR count). The number of carbonyl (C=O) groups is 1. The van der Waals surface area contributed by atoms with Gasteiger partial charge in [0, 0.05) is 24.7 Å². The summed E-state index contributed by atoms with van der Waals surface area (Å²) in [5.41, 5.74) is 1.84. The van der Waals surface area contributed by atoms with Crippen LogP contribution in [0.25, 0.3) is 11.0 Å². The number of amides is 1. The van der Waals surface area contributed by atoms with Crippen molar-refractivity contribution < 1.29 is 4.79 Å². The Hall–Kier alpha value is -2.08. The average Bonchev–Trinajstić information content (AvgIpc) is 2.67. The predicted molar refractivity (Wildman–Crippen MR) is 75.3 cm³/mol. The molecule has 4 N–H and O–H groups in total. The molecule has 6 nitrogen and oxygen atoms in total. The van der Waals surface area contributed by atoms with E-state index in [1.165, 1.54) is 0 Å². The van der Waals surface area contributed by atoms with E-state index in [4.69, 9.17) is 0 Å². The van der Waals surface area contributed by atoms with E-state index in [1.807, 2.05) is 13.8 Å². The van der Waals surface area contributed by atoms with Crippen LogP contribution in [0.15, 0.2) is 23.0 Å². The summed E-state index contributed by atoms with van der Waals surface area (Å²) in [4.78, 5) is 28.1. The van der Waals surface area contributed by atoms with Crippen LogP contribution >= 0.6 is 0 Å². The number of carbonyl (C=O) groups excluding carboxylic acids is 1. The van der Waals surface area contributed by atoms with E-state index in [0.717, 1.165) is 5.52 Å². The van der Waals surface area contributed by atoms with Crippen molar-refractivity contribution in [2.45, 2.75) is 26.3 Å². The number of hydrogen-bond acceptors (Lipinski definition) is 3. The molecule has 0 aliphatic rings. The van der Waals surface area contributed by atoms with E-state index in [1.54, 1.807) is 18.2 Å². The number of rotatable bonds is 5. The maximum atomic E-state index is 11.7. The van der Waals surface area contributed by atoms with Crippen molar-refractivity contribution in [3.8, 4) is 0 Å². The van der Waals surface area contributed by atoms with E-state index < -0.39 is 0 Å². The zero-order valence-corrected chi connectivity index (χ0v) is 11.0. The Morgan fingerprint density at radius 2 is 2.00 bits per heavy atom. The van der Waals surface area contributed by atoms with Gasteiger partial charge in [-0.3, -0.25) is 4.79 Å². The van der Waals surface area contributed by atoms with E-state index in [-0.39, 0.29) is 11.6 Å². The Kier molecular flexibility index (Phi) is 4.01. The topological polar surface area (TPSA) is 89.8 Å². The summed E-state index contributed by atoms with van der Waals surface area (Å²) in [6, 6.07) is 5.63. The second-order valence-electron chi connectivity index (χ2n) is 4.75. The largest absolute Gasteiger partial charge is 0.326 e. The highest BCUT2D eigenvalue weighted by atomic mass is 16.1.